The van der Waals surface area contributed by atoms with Crippen molar-refractivity contribution in [2.24, 2.45) is 5.41 Å². The second-order valence-corrected chi connectivity index (χ2v) is 6.10. The fourth-order valence-electron chi connectivity index (χ4n) is 3.27. The molecule has 1 aliphatic carbocycles. The van der Waals surface area contributed by atoms with Crippen LogP contribution in [0.2, 0.25) is 0 Å². The van der Waals surface area contributed by atoms with E-state index in [1.165, 1.54) is 0 Å². The van der Waals surface area contributed by atoms with Crippen LogP contribution in [0.15, 0.2) is 30.3 Å². The number of carboxylic acid groups (broad SMARTS) is 1. The number of amides is 1. The van der Waals surface area contributed by atoms with E-state index in [0.29, 0.717) is 6.42 Å². The van der Waals surface area contributed by atoms with Crippen molar-refractivity contribution in [1.82, 2.24) is 0 Å². The molecule has 4 heteroatoms. The standard InChI is InChI=1S/C17H23NO3/c1-18(14-8-4-2-5-9-14)15(19)12-17(13-16(20)21)10-6-3-7-11-17/h2,4-5,8-9H,3,6-7,10-13H2,1H3,(H,20,21). The molecule has 0 atom stereocenters. The van der Waals surface area contributed by atoms with Crippen molar-refractivity contribution in [3.63, 3.8) is 0 Å². The molecule has 0 saturated heterocycles. The van der Waals surface area contributed by atoms with Crippen LogP contribution in [0.3, 0.4) is 0 Å². The van der Waals surface area contributed by atoms with E-state index in [0.717, 1.165) is 37.8 Å². The molecule has 0 aromatic heterocycles. The molecule has 0 spiro atoms. The van der Waals surface area contributed by atoms with E-state index >= 15 is 0 Å². The van der Waals surface area contributed by atoms with E-state index in [4.69, 9.17) is 0 Å². The minimum Gasteiger partial charge on any atom is -0.481 e. The SMILES string of the molecule is CN(C(=O)CC1(CC(=O)O)CCCCC1)c1ccccc1. The van der Waals surface area contributed by atoms with Crippen LogP contribution in [-0.2, 0) is 9.59 Å². The first kappa shape index (κ1) is 15.5. The molecule has 0 aliphatic heterocycles. The van der Waals surface area contributed by atoms with Crippen LogP contribution in [0.25, 0.3) is 0 Å². The highest BCUT2D eigenvalue weighted by molar-refractivity contribution is 5.93. The predicted molar refractivity (Wildman–Crippen MR) is 82.2 cm³/mol. The Morgan fingerprint density at radius 1 is 1.10 bits per heavy atom. The van der Waals surface area contributed by atoms with Gasteiger partial charge in [-0.15, -0.1) is 0 Å². The van der Waals surface area contributed by atoms with Gasteiger partial charge in [0.2, 0.25) is 5.91 Å². The third-order valence-corrected chi connectivity index (χ3v) is 4.48. The van der Waals surface area contributed by atoms with Crippen molar-refractivity contribution in [2.75, 3.05) is 11.9 Å². The second-order valence-electron chi connectivity index (χ2n) is 6.10. The number of aliphatic carboxylic acids is 1. The van der Waals surface area contributed by atoms with Crippen molar-refractivity contribution in [1.29, 1.82) is 0 Å². The number of nitrogens with zero attached hydrogens (tertiary/aromatic N) is 1. The van der Waals surface area contributed by atoms with Crippen LogP contribution in [0.5, 0.6) is 0 Å². The van der Waals surface area contributed by atoms with Crippen LogP contribution in [0.4, 0.5) is 5.69 Å². The van der Waals surface area contributed by atoms with Gasteiger partial charge in [-0.2, -0.15) is 0 Å². The molecule has 1 aromatic rings. The maximum absolute atomic E-state index is 12.5. The summed E-state index contributed by atoms with van der Waals surface area (Å²) < 4.78 is 0. The summed E-state index contributed by atoms with van der Waals surface area (Å²) in [5.41, 5.74) is 0.494. The number of hydrogen-bond donors (Lipinski definition) is 1. The molecule has 114 valence electrons. The second kappa shape index (κ2) is 6.74. The first-order chi connectivity index (χ1) is 10.0. The first-order valence-corrected chi connectivity index (χ1v) is 7.56. The van der Waals surface area contributed by atoms with Gasteiger partial charge in [0.05, 0.1) is 6.42 Å². The maximum atomic E-state index is 12.5. The summed E-state index contributed by atoms with van der Waals surface area (Å²) in [7, 11) is 1.76. The van der Waals surface area contributed by atoms with E-state index in [1.807, 2.05) is 30.3 Å². The molecule has 1 fully saturated rings. The number of para-hydroxylation sites is 1. The molecule has 4 nitrogen and oxygen atoms in total. The number of carboxylic acids is 1. The van der Waals surface area contributed by atoms with E-state index in [-0.39, 0.29) is 17.7 Å². The number of anilines is 1. The fraction of sp³-hybridized carbons (Fsp3) is 0.529. The van der Waals surface area contributed by atoms with Gasteiger partial charge in [0, 0.05) is 19.2 Å². The minimum atomic E-state index is -0.799. The van der Waals surface area contributed by atoms with Crippen molar-refractivity contribution < 1.29 is 14.7 Å². The predicted octanol–water partition coefficient (Wildman–Crippen LogP) is 3.46. The summed E-state index contributed by atoms with van der Waals surface area (Å²) in [6, 6.07) is 9.49. The highest BCUT2D eigenvalue weighted by atomic mass is 16.4. The van der Waals surface area contributed by atoms with E-state index in [9.17, 15) is 14.7 Å². The van der Waals surface area contributed by atoms with Gasteiger partial charge in [-0.25, -0.2) is 0 Å². The molecular weight excluding hydrogens is 266 g/mol. The largest absolute Gasteiger partial charge is 0.481 e. The van der Waals surface area contributed by atoms with Gasteiger partial charge in [-0.05, 0) is 30.4 Å². The topological polar surface area (TPSA) is 57.6 Å². The van der Waals surface area contributed by atoms with E-state index in [1.54, 1.807) is 11.9 Å². The molecule has 1 amide bonds. The molecule has 0 heterocycles. The van der Waals surface area contributed by atoms with Crippen LogP contribution < -0.4 is 4.90 Å². The number of rotatable bonds is 5. The maximum Gasteiger partial charge on any atom is 0.303 e. The lowest BCUT2D eigenvalue weighted by Gasteiger charge is -2.36. The van der Waals surface area contributed by atoms with Gasteiger partial charge in [0.25, 0.3) is 0 Å². The Bertz CT molecular complexity index is 492. The molecule has 0 unspecified atom stereocenters. The Kier molecular flexibility index (Phi) is 4.99. The zero-order valence-corrected chi connectivity index (χ0v) is 12.5. The summed E-state index contributed by atoms with van der Waals surface area (Å²) in [4.78, 5) is 25.3. The number of hydrogen-bond acceptors (Lipinski definition) is 2. The molecule has 1 aliphatic rings. The lowest BCUT2D eigenvalue weighted by atomic mass is 9.69. The normalized spacial score (nSPS) is 17.2. The van der Waals surface area contributed by atoms with Gasteiger partial charge in [0.1, 0.15) is 0 Å². The summed E-state index contributed by atoms with van der Waals surface area (Å²) in [6.45, 7) is 0. The molecule has 1 N–H and O–H groups in total. The zero-order valence-electron chi connectivity index (χ0n) is 12.5. The van der Waals surface area contributed by atoms with Crippen molar-refractivity contribution >= 4 is 17.6 Å². The molecular formula is C17H23NO3. The zero-order chi connectivity index (χ0) is 15.3. The van der Waals surface area contributed by atoms with Crippen LogP contribution in [-0.4, -0.2) is 24.0 Å². The quantitative estimate of drug-likeness (QED) is 0.903. The van der Waals surface area contributed by atoms with Gasteiger partial charge >= 0.3 is 5.97 Å². The Morgan fingerprint density at radius 3 is 2.29 bits per heavy atom. The van der Waals surface area contributed by atoms with Gasteiger partial charge in [-0.3, -0.25) is 9.59 Å². The smallest absolute Gasteiger partial charge is 0.303 e. The number of benzene rings is 1. The van der Waals surface area contributed by atoms with Crippen molar-refractivity contribution in [2.45, 2.75) is 44.9 Å². The number of carbonyl (C=O) groups excluding carboxylic acids is 1. The van der Waals surface area contributed by atoms with Gasteiger partial charge in [0.15, 0.2) is 0 Å². The average molecular weight is 289 g/mol. The van der Waals surface area contributed by atoms with Gasteiger partial charge < -0.3 is 10.0 Å². The van der Waals surface area contributed by atoms with Crippen molar-refractivity contribution in [3.8, 4) is 0 Å². The highest BCUT2D eigenvalue weighted by Gasteiger charge is 2.37. The van der Waals surface area contributed by atoms with Crippen LogP contribution in [0, 0.1) is 5.41 Å². The van der Waals surface area contributed by atoms with Gasteiger partial charge in [-0.1, -0.05) is 37.5 Å². The summed E-state index contributed by atoms with van der Waals surface area (Å²) in [5, 5.41) is 9.17. The summed E-state index contributed by atoms with van der Waals surface area (Å²) >= 11 is 0. The minimum absolute atomic E-state index is 0.00403. The lowest BCUT2D eigenvalue weighted by molar-refractivity contribution is -0.141. The fourth-order valence-corrected chi connectivity index (χ4v) is 3.27. The third-order valence-electron chi connectivity index (χ3n) is 4.48. The molecule has 0 radical (unpaired) electrons. The Hall–Kier alpha value is -1.84. The summed E-state index contributed by atoms with van der Waals surface area (Å²) in [5.74, 6) is -0.795. The number of carbonyl (C=O) groups is 2. The van der Waals surface area contributed by atoms with E-state index in [2.05, 4.69) is 0 Å². The Labute approximate surface area is 125 Å². The molecule has 1 saturated carbocycles. The van der Waals surface area contributed by atoms with Crippen molar-refractivity contribution in [3.05, 3.63) is 30.3 Å². The molecule has 1 aromatic carbocycles. The Morgan fingerprint density at radius 2 is 1.71 bits per heavy atom. The highest BCUT2D eigenvalue weighted by Crippen LogP contribution is 2.42. The molecule has 0 bridgehead atoms. The molecule has 2 rings (SSSR count). The average Bonchev–Trinajstić information content (AvgIpc) is 2.47. The van der Waals surface area contributed by atoms with Crippen LogP contribution in [0.1, 0.15) is 44.9 Å². The first-order valence-electron chi connectivity index (χ1n) is 7.56. The molecule has 21 heavy (non-hydrogen) atoms. The third kappa shape index (κ3) is 4.06. The lowest BCUT2D eigenvalue weighted by Crippen LogP contribution is -2.36. The monoisotopic (exact) mass is 289 g/mol. The van der Waals surface area contributed by atoms with E-state index < -0.39 is 5.97 Å². The van der Waals surface area contributed by atoms with Crippen LogP contribution >= 0.6 is 0 Å². The Balaban J connectivity index is 2.09. The summed E-state index contributed by atoms with van der Waals surface area (Å²) in [6.07, 6.45) is 5.29.